The van der Waals surface area contributed by atoms with Gasteiger partial charge in [0.1, 0.15) is 6.61 Å². The molecule has 0 atom stereocenters. The van der Waals surface area contributed by atoms with Gasteiger partial charge in [0.05, 0.1) is 12.8 Å². The fourth-order valence-corrected chi connectivity index (χ4v) is 3.69. The van der Waals surface area contributed by atoms with E-state index in [0.29, 0.717) is 43.0 Å². The maximum atomic E-state index is 12.8. The van der Waals surface area contributed by atoms with E-state index >= 15 is 0 Å². The van der Waals surface area contributed by atoms with Crippen molar-refractivity contribution in [2.45, 2.75) is 18.9 Å². The lowest BCUT2D eigenvalue weighted by molar-refractivity contribution is -0.135. The molecule has 31 heavy (non-hydrogen) atoms. The van der Waals surface area contributed by atoms with Gasteiger partial charge in [-0.2, -0.15) is 5.10 Å². The van der Waals surface area contributed by atoms with E-state index in [0.717, 1.165) is 5.56 Å². The Kier molecular flexibility index (Phi) is 5.72. The molecule has 10 nitrogen and oxygen atoms in total. The van der Waals surface area contributed by atoms with Crippen molar-refractivity contribution in [2.24, 2.45) is 0 Å². The van der Waals surface area contributed by atoms with Crippen molar-refractivity contribution < 1.29 is 24.5 Å². The Morgan fingerprint density at radius 1 is 1.23 bits per heavy atom. The lowest BCUT2D eigenvalue weighted by Crippen LogP contribution is -2.47. The minimum atomic E-state index is -0.499. The number of rotatable bonds is 5. The number of hydrogen-bond acceptors (Lipinski definition) is 7. The Morgan fingerprint density at radius 3 is 2.71 bits per heavy atom. The van der Waals surface area contributed by atoms with Crippen LogP contribution in [0, 0.1) is 0 Å². The first-order chi connectivity index (χ1) is 15.0. The van der Waals surface area contributed by atoms with Crippen LogP contribution in [0.3, 0.4) is 0 Å². The van der Waals surface area contributed by atoms with Crippen LogP contribution in [0.15, 0.2) is 36.5 Å². The van der Waals surface area contributed by atoms with Gasteiger partial charge in [0.25, 0.3) is 5.91 Å². The molecule has 3 aromatic rings. The van der Waals surface area contributed by atoms with Gasteiger partial charge < -0.3 is 25.2 Å². The van der Waals surface area contributed by atoms with Gasteiger partial charge in [-0.3, -0.25) is 9.59 Å². The summed E-state index contributed by atoms with van der Waals surface area (Å²) in [4.78, 5) is 30.2. The first-order valence-corrected chi connectivity index (χ1v) is 9.92. The minimum Gasteiger partial charge on any atom is -0.504 e. The third kappa shape index (κ3) is 4.15. The minimum absolute atomic E-state index is 0.0313. The summed E-state index contributed by atoms with van der Waals surface area (Å²) in [6, 6.07) is 8.25. The van der Waals surface area contributed by atoms with E-state index in [1.165, 1.54) is 13.2 Å². The van der Waals surface area contributed by atoms with Crippen LogP contribution in [0.1, 0.15) is 23.3 Å². The number of methoxy groups -OCH3 is 1. The maximum absolute atomic E-state index is 12.8. The second-order valence-electron chi connectivity index (χ2n) is 7.30. The van der Waals surface area contributed by atoms with Gasteiger partial charge in [-0.25, -0.2) is 9.50 Å². The number of nitrogens with zero attached hydrogens (tertiary/aromatic N) is 4. The highest BCUT2D eigenvalue weighted by Crippen LogP contribution is 2.31. The number of benzene rings is 1. The van der Waals surface area contributed by atoms with Gasteiger partial charge in [-0.1, -0.05) is 0 Å². The molecule has 3 N–H and O–H groups in total. The van der Waals surface area contributed by atoms with Crippen molar-refractivity contribution in [3.8, 4) is 22.8 Å². The number of phenols is 1. The van der Waals surface area contributed by atoms with Crippen molar-refractivity contribution >= 4 is 17.5 Å². The van der Waals surface area contributed by atoms with E-state index in [2.05, 4.69) is 15.4 Å². The number of aliphatic hydroxyl groups excluding tert-OH is 1. The number of aliphatic hydroxyl groups is 1. The van der Waals surface area contributed by atoms with E-state index in [4.69, 9.17) is 9.84 Å². The number of nitrogens with one attached hydrogen (secondary N) is 1. The van der Waals surface area contributed by atoms with Crippen LogP contribution in [-0.2, 0) is 4.79 Å². The summed E-state index contributed by atoms with van der Waals surface area (Å²) >= 11 is 0. The molecule has 162 valence electrons. The first-order valence-electron chi connectivity index (χ1n) is 9.92. The number of piperidine rings is 1. The molecule has 1 fully saturated rings. The molecule has 1 saturated heterocycles. The first kappa shape index (κ1) is 20.6. The molecule has 0 unspecified atom stereocenters. The highest BCUT2D eigenvalue weighted by atomic mass is 16.5. The standard InChI is InChI=1S/C21H23N5O5/c1-31-18-10-13(2-3-17(18)28)16-4-7-22-19-11-15(24-26(16)19)21(30)23-14-5-8-25(9-6-14)20(29)12-27/h2-4,7,10-11,14,27-28H,5-6,8-9,12H2,1H3,(H,23,30). The number of carbonyl (C=O) groups is 2. The number of ether oxygens (including phenoxy) is 1. The van der Waals surface area contributed by atoms with E-state index < -0.39 is 6.61 Å². The second kappa shape index (κ2) is 8.60. The number of carbonyl (C=O) groups excluding carboxylic acids is 2. The fraction of sp³-hybridized carbons (Fsp3) is 0.333. The van der Waals surface area contributed by atoms with Gasteiger partial charge in [0, 0.05) is 37.0 Å². The van der Waals surface area contributed by atoms with Crippen molar-refractivity contribution in [1.29, 1.82) is 0 Å². The summed E-state index contributed by atoms with van der Waals surface area (Å²) in [7, 11) is 1.47. The van der Waals surface area contributed by atoms with E-state index in [1.807, 2.05) is 0 Å². The highest BCUT2D eigenvalue weighted by molar-refractivity contribution is 5.93. The third-order valence-corrected chi connectivity index (χ3v) is 5.38. The zero-order valence-electron chi connectivity index (χ0n) is 17.0. The van der Waals surface area contributed by atoms with Crippen LogP contribution in [0.5, 0.6) is 11.5 Å². The highest BCUT2D eigenvalue weighted by Gasteiger charge is 2.24. The molecule has 3 heterocycles. The molecule has 0 saturated carbocycles. The number of phenolic OH excluding ortho intramolecular Hbond substituents is 1. The number of aromatic nitrogens is 3. The Morgan fingerprint density at radius 2 is 2.00 bits per heavy atom. The number of aromatic hydroxyl groups is 1. The molecule has 1 aliphatic rings. The second-order valence-corrected chi connectivity index (χ2v) is 7.30. The molecule has 10 heteroatoms. The van der Waals surface area contributed by atoms with Gasteiger partial charge in [0.15, 0.2) is 22.8 Å². The largest absolute Gasteiger partial charge is 0.504 e. The Bertz CT molecular complexity index is 1120. The van der Waals surface area contributed by atoms with Crippen molar-refractivity contribution in [2.75, 3.05) is 26.8 Å². The molecule has 0 spiro atoms. The van der Waals surface area contributed by atoms with E-state index in [-0.39, 0.29) is 29.3 Å². The summed E-state index contributed by atoms with van der Waals surface area (Å²) in [6.45, 7) is 0.480. The Balaban J connectivity index is 1.53. The van der Waals surface area contributed by atoms with Gasteiger partial charge >= 0.3 is 0 Å². The SMILES string of the molecule is COc1cc(-c2ccnc3cc(C(=O)NC4CCN(C(=O)CO)CC4)nn23)ccc1O. The fourth-order valence-electron chi connectivity index (χ4n) is 3.69. The van der Waals surface area contributed by atoms with Gasteiger partial charge in [-0.05, 0) is 37.1 Å². The number of amides is 2. The summed E-state index contributed by atoms with van der Waals surface area (Å²) in [5.74, 6) is -0.247. The smallest absolute Gasteiger partial charge is 0.272 e. The summed E-state index contributed by atoms with van der Waals surface area (Å²) in [6.07, 6.45) is 2.85. The average Bonchev–Trinajstić information content (AvgIpc) is 3.24. The predicted molar refractivity (Wildman–Crippen MR) is 111 cm³/mol. The summed E-state index contributed by atoms with van der Waals surface area (Å²) in [5, 5.41) is 26.2. The van der Waals surface area contributed by atoms with Crippen molar-refractivity contribution in [3.63, 3.8) is 0 Å². The van der Waals surface area contributed by atoms with E-state index in [9.17, 15) is 14.7 Å². The quantitative estimate of drug-likeness (QED) is 0.552. The molecular weight excluding hydrogens is 402 g/mol. The summed E-state index contributed by atoms with van der Waals surface area (Å²) < 4.78 is 6.75. The van der Waals surface area contributed by atoms with Crippen LogP contribution in [0.4, 0.5) is 0 Å². The zero-order chi connectivity index (χ0) is 22.0. The van der Waals surface area contributed by atoms with Crippen LogP contribution in [0.25, 0.3) is 16.9 Å². The number of fused-ring (bicyclic) bond motifs is 1. The number of hydrogen-bond donors (Lipinski definition) is 3. The number of likely N-dealkylation sites (tertiary alicyclic amines) is 1. The molecule has 2 amide bonds. The van der Waals surface area contributed by atoms with Crippen LogP contribution in [0.2, 0.25) is 0 Å². The predicted octanol–water partition coefficient (Wildman–Crippen LogP) is 0.824. The van der Waals surface area contributed by atoms with Gasteiger partial charge in [-0.15, -0.1) is 0 Å². The molecule has 0 aliphatic carbocycles. The van der Waals surface area contributed by atoms with Crippen LogP contribution in [-0.4, -0.2) is 74.4 Å². The lowest BCUT2D eigenvalue weighted by atomic mass is 10.0. The molecular formula is C21H23N5O5. The lowest BCUT2D eigenvalue weighted by Gasteiger charge is -2.31. The molecule has 2 aromatic heterocycles. The van der Waals surface area contributed by atoms with E-state index in [1.54, 1.807) is 39.9 Å². The topological polar surface area (TPSA) is 129 Å². The van der Waals surface area contributed by atoms with Crippen LogP contribution < -0.4 is 10.1 Å². The van der Waals surface area contributed by atoms with Crippen LogP contribution >= 0.6 is 0 Å². The zero-order valence-corrected chi connectivity index (χ0v) is 17.0. The van der Waals surface area contributed by atoms with Crippen molar-refractivity contribution in [3.05, 3.63) is 42.2 Å². The Labute approximate surface area is 178 Å². The third-order valence-electron chi connectivity index (χ3n) is 5.38. The van der Waals surface area contributed by atoms with Crippen molar-refractivity contribution in [1.82, 2.24) is 24.8 Å². The summed E-state index contributed by atoms with van der Waals surface area (Å²) in [5.41, 5.74) is 2.19. The van der Waals surface area contributed by atoms with Gasteiger partial charge in [0.2, 0.25) is 5.91 Å². The maximum Gasteiger partial charge on any atom is 0.272 e. The monoisotopic (exact) mass is 425 g/mol. The molecule has 1 aliphatic heterocycles. The normalized spacial score (nSPS) is 14.6. The molecule has 0 bridgehead atoms. The molecule has 4 rings (SSSR count). The Hall–Kier alpha value is -3.66. The molecule has 0 radical (unpaired) electrons. The average molecular weight is 425 g/mol. The molecule has 1 aromatic carbocycles.